The fourth-order valence-electron chi connectivity index (χ4n) is 2.46. The van der Waals surface area contributed by atoms with Crippen LogP contribution in [0.2, 0.25) is 0 Å². The first-order valence-electron chi connectivity index (χ1n) is 8.26. The Morgan fingerprint density at radius 3 is 2.43 bits per heavy atom. The molecule has 0 heterocycles. The summed E-state index contributed by atoms with van der Waals surface area (Å²) in [6, 6.07) is 17.4. The van der Waals surface area contributed by atoms with E-state index in [9.17, 15) is 5.11 Å². The molecule has 3 N–H and O–H groups in total. The van der Waals surface area contributed by atoms with Crippen LogP contribution in [0, 0.1) is 5.92 Å². The largest absolute Gasteiger partial charge is 0.489 e. The van der Waals surface area contributed by atoms with Gasteiger partial charge in [-0.05, 0) is 42.0 Å². The highest BCUT2D eigenvalue weighted by Crippen LogP contribution is 2.23. The predicted molar refractivity (Wildman–Crippen MR) is 94.2 cm³/mol. The van der Waals surface area contributed by atoms with Crippen LogP contribution in [0.15, 0.2) is 54.6 Å². The zero-order chi connectivity index (χ0) is 16.7. The Kier molecular flexibility index (Phi) is 6.63. The van der Waals surface area contributed by atoms with E-state index in [1.54, 1.807) is 0 Å². The van der Waals surface area contributed by atoms with Crippen molar-refractivity contribution in [2.24, 2.45) is 11.7 Å². The van der Waals surface area contributed by atoms with Gasteiger partial charge in [-0.25, -0.2) is 0 Å². The number of rotatable bonds is 8. The van der Waals surface area contributed by atoms with Crippen molar-refractivity contribution in [3.8, 4) is 5.75 Å². The molecule has 0 aromatic heterocycles. The van der Waals surface area contributed by atoms with Crippen LogP contribution in [-0.4, -0.2) is 11.2 Å². The minimum Gasteiger partial charge on any atom is -0.489 e. The van der Waals surface area contributed by atoms with Gasteiger partial charge in [-0.1, -0.05) is 56.3 Å². The summed E-state index contributed by atoms with van der Waals surface area (Å²) in [5.41, 5.74) is 8.23. The van der Waals surface area contributed by atoms with E-state index in [-0.39, 0.29) is 6.04 Å². The summed E-state index contributed by atoms with van der Waals surface area (Å²) in [4.78, 5) is 0. The maximum absolute atomic E-state index is 10.3. The minimum atomic E-state index is -0.526. The maximum atomic E-state index is 10.3. The Morgan fingerprint density at radius 1 is 1.00 bits per heavy atom. The molecule has 0 bridgehead atoms. The molecule has 0 fully saturated rings. The van der Waals surface area contributed by atoms with Crippen LogP contribution < -0.4 is 10.5 Å². The quantitative estimate of drug-likeness (QED) is 0.772. The van der Waals surface area contributed by atoms with Gasteiger partial charge < -0.3 is 15.6 Å². The number of hydrogen-bond donors (Lipinski definition) is 2. The fraction of sp³-hybridized carbons (Fsp3) is 0.400. The molecule has 0 aliphatic heterocycles. The van der Waals surface area contributed by atoms with Gasteiger partial charge in [0.2, 0.25) is 0 Å². The van der Waals surface area contributed by atoms with Crippen molar-refractivity contribution in [2.75, 3.05) is 0 Å². The van der Waals surface area contributed by atoms with Gasteiger partial charge in [-0.3, -0.25) is 0 Å². The number of ether oxygens (including phenoxy) is 1. The van der Waals surface area contributed by atoms with Crippen LogP contribution in [0.4, 0.5) is 0 Å². The summed E-state index contributed by atoms with van der Waals surface area (Å²) in [6.45, 7) is 4.82. The van der Waals surface area contributed by atoms with Crippen molar-refractivity contribution in [1.29, 1.82) is 0 Å². The molecule has 0 aliphatic carbocycles. The molecule has 3 nitrogen and oxygen atoms in total. The first-order valence-corrected chi connectivity index (χ1v) is 8.26. The van der Waals surface area contributed by atoms with E-state index < -0.39 is 6.10 Å². The molecule has 0 spiro atoms. The van der Waals surface area contributed by atoms with E-state index in [1.807, 2.05) is 54.6 Å². The Labute approximate surface area is 139 Å². The molecule has 0 radical (unpaired) electrons. The molecule has 2 aromatic rings. The summed E-state index contributed by atoms with van der Waals surface area (Å²) >= 11 is 0. The summed E-state index contributed by atoms with van der Waals surface area (Å²) in [6.07, 6.45) is 1.16. The summed E-state index contributed by atoms with van der Waals surface area (Å²) < 4.78 is 5.82. The van der Waals surface area contributed by atoms with Gasteiger partial charge in [0.25, 0.3) is 0 Å². The van der Waals surface area contributed by atoms with E-state index in [0.29, 0.717) is 18.9 Å². The van der Waals surface area contributed by atoms with Crippen LogP contribution in [0.3, 0.4) is 0 Å². The standard InChI is InChI=1S/C20H27NO2/c1-15(2)11-12-19(22)20(21)17-9-6-10-18(13-17)23-14-16-7-4-3-5-8-16/h3-10,13,15,19-20,22H,11-12,14,21H2,1-2H3/t19-,20+/m0/s1. The lowest BCUT2D eigenvalue weighted by Crippen LogP contribution is -2.26. The van der Waals surface area contributed by atoms with Gasteiger partial charge in [0.15, 0.2) is 0 Å². The third-order valence-corrected chi connectivity index (χ3v) is 3.95. The molecule has 0 saturated carbocycles. The van der Waals surface area contributed by atoms with Gasteiger partial charge >= 0.3 is 0 Å². The Bertz CT molecular complexity index is 583. The zero-order valence-electron chi connectivity index (χ0n) is 14.0. The first-order chi connectivity index (χ1) is 11.1. The second kappa shape index (κ2) is 8.70. The Hall–Kier alpha value is -1.84. The lowest BCUT2D eigenvalue weighted by molar-refractivity contribution is 0.128. The van der Waals surface area contributed by atoms with E-state index in [0.717, 1.165) is 23.3 Å². The van der Waals surface area contributed by atoms with E-state index in [2.05, 4.69) is 13.8 Å². The summed E-state index contributed by atoms with van der Waals surface area (Å²) in [5.74, 6) is 1.34. The second-order valence-corrected chi connectivity index (χ2v) is 6.41. The molecule has 0 aliphatic rings. The van der Waals surface area contributed by atoms with Gasteiger partial charge in [0.1, 0.15) is 12.4 Å². The molecule has 124 valence electrons. The maximum Gasteiger partial charge on any atom is 0.120 e. The molecule has 2 aromatic carbocycles. The van der Waals surface area contributed by atoms with Crippen molar-refractivity contribution in [1.82, 2.24) is 0 Å². The predicted octanol–water partition coefficient (Wildman–Crippen LogP) is 4.06. The number of aliphatic hydroxyl groups is 1. The van der Waals surface area contributed by atoms with Crippen LogP contribution in [0.1, 0.15) is 43.9 Å². The van der Waals surface area contributed by atoms with Gasteiger partial charge in [0.05, 0.1) is 12.1 Å². The molecule has 0 amide bonds. The summed E-state index contributed by atoms with van der Waals surface area (Å²) in [5, 5.41) is 10.3. The van der Waals surface area contributed by atoms with Crippen molar-refractivity contribution < 1.29 is 9.84 Å². The molecular weight excluding hydrogens is 286 g/mol. The van der Waals surface area contributed by atoms with E-state index in [4.69, 9.17) is 10.5 Å². The number of benzene rings is 2. The van der Waals surface area contributed by atoms with Crippen LogP contribution in [-0.2, 0) is 6.61 Å². The van der Waals surface area contributed by atoms with Crippen LogP contribution >= 0.6 is 0 Å². The SMILES string of the molecule is CC(C)CC[C@H](O)[C@H](N)c1cccc(OCc2ccccc2)c1. The average Bonchev–Trinajstić information content (AvgIpc) is 2.58. The van der Waals surface area contributed by atoms with Crippen molar-refractivity contribution in [2.45, 2.75) is 45.4 Å². The first kappa shape index (κ1) is 17.5. The lowest BCUT2D eigenvalue weighted by Gasteiger charge is -2.20. The topological polar surface area (TPSA) is 55.5 Å². The Balaban J connectivity index is 1.95. The zero-order valence-corrected chi connectivity index (χ0v) is 14.0. The van der Waals surface area contributed by atoms with Crippen LogP contribution in [0.25, 0.3) is 0 Å². The molecule has 2 atom stereocenters. The Morgan fingerprint density at radius 2 is 1.74 bits per heavy atom. The number of nitrogens with two attached hydrogens (primary N) is 1. The molecule has 23 heavy (non-hydrogen) atoms. The van der Waals surface area contributed by atoms with Gasteiger partial charge in [0, 0.05) is 0 Å². The molecule has 0 saturated heterocycles. The third kappa shape index (κ3) is 5.70. The number of aliphatic hydroxyl groups excluding tert-OH is 1. The molecule has 0 unspecified atom stereocenters. The highest BCUT2D eigenvalue weighted by atomic mass is 16.5. The van der Waals surface area contributed by atoms with E-state index >= 15 is 0 Å². The smallest absolute Gasteiger partial charge is 0.120 e. The second-order valence-electron chi connectivity index (χ2n) is 6.41. The number of hydrogen-bond acceptors (Lipinski definition) is 3. The lowest BCUT2D eigenvalue weighted by atomic mass is 9.96. The normalized spacial score (nSPS) is 13.8. The highest BCUT2D eigenvalue weighted by Gasteiger charge is 2.17. The highest BCUT2D eigenvalue weighted by molar-refractivity contribution is 5.31. The van der Waals surface area contributed by atoms with Crippen LogP contribution in [0.5, 0.6) is 5.75 Å². The molecule has 3 heteroatoms. The van der Waals surface area contributed by atoms with Gasteiger partial charge in [-0.2, -0.15) is 0 Å². The molecular formula is C20H27NO2. The average molecular weight is 313 g/mol. The fourth-order valence-corrected chi connectivity index (χ4v) is 2.46. The van der Waals surface area contributed by atoms with Crippen molar-refractivity contribution in [3.63, 3.8) is 0 Å². The monoisotopic (exact) mass is 313 g/mol. The minimum absolute atomic E-state index is 0.381. The molecule has 2 rings (SSSR count). The van der Waals surface area contributed by atoms with Crippen molar-refractivity contribution >= 4 is 0 Å². The summed E-state index contributed by atoms with van der Waals surface area (Å²) in [7, 11) is 0. The third-order valence-electron chi connectivity index (χ3n) is 3.95. The van der Waals surface area contributed by atoms with Crippen molar-refractivity contribution in [3.05, 3.63) is 65.7 Å². The van der Waals surface area contributed by atoms with E-state index in [1.165, 1.54) is 0 Å². The van der Waals surface area contributed by atoms with Gasteiger partial charge in [-0.15, -0.1) is 0 Å².